The first-order valence-electron chi connectivity index (χ1n) is 6.13. The van der Waals surface area contributed by atoms with Gasteiger partial charge in [-0.05, 0) is 23.6 Å². The fourth-order valence-corrected chi connectivity index (χ4v) is 1.50. The van der Waals surface area contributed by atoms with E-state index in [1.807, 2.05) is 18.2 Å². The molecule has 3 nitrogen and oxygen atoms in total. The van der Waals surface area contributed by atoms with E-state index in [4.69, 9.17) is 5.73 Å². The Balaban J connectivity index is 2.69. The number of nitrogens with one attached hydrogen (secondary N) is 1. The molecule has 0 aromatic heterocycles. The lowest BCUT2D eigenvalue weighted by atomic mass is 10.00. The fourth-order valence-electron chi connectivity index (χ4n) is 1.50. The van der Waals surface area contributed by atoms with Crippen molar-refractivity contribution in [2.24, 2.45) is 0 Å². The molecular weight excluding hydrogens is 224 g/mol. The van der Waals surface area contributed by atoms with Crippen LogP contribution < -0.4 is 11.1 Å². The van der Waals surface area contributed by atoms with E-state index in [9.17, 15) is 4.79 Å². The molecule has 0 saturated heterocycles. The largest absolute Gasteiger partial charge is 0.398 e. The molecule has 0 aliphatic rings. The quantitative estimate of drug-likeness (QED) is 0.487. The third-order valence-electron chi connectivity index (χ3n) is 2.59. The summed E-state index contributed by atoms with van der Waals surface area (Å²) in [6.45, 7) is 6.35. The Morgan fingerprint density at radius 2 is 2.17 bits per heavy atom. The summed E-state index contributed by atoms with van der Waals surface area (Å²) in [6, 6.07) is 5.96. The minimum atomic E-state index is -0.0295. The van der Waals surface area contributed by atoms with Crippen LogP contribution >= 0.6 is 0 Å². The molecule has 3 heteroatoms. The number of rotatable bonds is 3. The summed E-state index contributed by atoms with van der Waals surface area (Å²) in [5, 5.41) is 2.70. The first kappa shape index (κ1) is 14.1. The molecular formula is C15H20N2O. The number of anilines is 1. The number of nitrogens with two attached hydrogens (primary N) is 1. The predicted octanol–water partition coefficient (Wildman–Crippen LogP) is 2.27. The third-order valence-corrected chi connectivity index (χ3v) is 2.59. The van der Waals surface area contributed by atoms with Crippen molar-refractivity contribution in [1.29, 1.82) is 0 Å². The van der Waals surface area contributed by atoms with Crippen LogP contribution in [0.3, 0.4) is 0 Å². The van der Waals surface area contributed by atoms with Crippen molar-refractivity contribution < 1.29 is 4.79 Å². The van der Waals surface area contributed by atoms with Gasteiger partial charge < -0.3 is 11.1 Å². The molecule has 0 aliphatic heterocycles. The molecule has 0 fully saturated rings. The summed E-state index contributed by atoms with van der Waals surface area (Å²) in [4.78, 5) is 10.7. The molecule has 1 rings (SSSR count). The molecule has 1 aromatic rings. The normalized spacial score (nSPS) is 9.78. The Kier molecular flexibility index (Phi) is 5.26. The van der Waals surface area contributed by atoms with Gasteiger partial charge in [-0.1, -0.05) is 31.8 Å². The molecule has 0 saturated carbocycles. The number of carbonyl (C=O) groups is 1. The fraction of sp³-hybridized carbons (Fsp3) is 0.400. The molecule has 18 heavy (non-hydrogen) atoms. The maximum Gasteiger partial charge on any atom is 0.216 e. The highest BCUT2D eigenvalue weighted by Gasteiger charge is 2.01. The minimum absolute atomic E-state index is 0.0295. The monoisotopic (exact) mass is 244 g/mol. The molecule has 1 amide bonds. The lowest BCUT2D eigenvalue weighted by molar-refractivity contribution is -0.118. The summed E-state index contributed by atoms with van der Waals surface area (Å²) < 4.78 is 0. The van der Waals surface area contributed by atoms with Gasteiger partial charge in [0.2, 0.25) is 5.91 Å². The zero-order valence-electron chi connectivity index (χ0n) is 11.2. The van der Waals surface area contributed by atoms with Crippen LogP contribution in [-0.4, -0.2) is 12.5 Å². The lowest BCUT2D eigenvalue weighted by Crippen LogP contribution is -2.20. The smallest absolute Gasteiger partial charge is 0.216 e. The van der Waals surface area contributed by atoms with Crippen LogP contribution in [0.25, 0.3) is 0 Å². The first-order valence-corrected chi connectivity index (χ1v) is 6.13. The number of nitrogen functional groups attached to an aromatic ring is 1. The van der Waals surface area contributed by atoms with Crippen molar-refractivity contribution in [2.75, 3.05) is 12.3 Å². The lowest BCUT2D eigenvalue weighted by Gasteiger charge is -2.07. The van der Waals surface area contributed by atoms with E-state index in [1.54, 1.807) is 0 Å². The van der Waals surface area contributed by atoms with Crippen molar-refractivity contribution in [3.8, 4) is 11.8 Å². The Labute approximate surface area is 109 Å². The standard InChI is InChI=1S/C15H20N2O/c1-11(2)13-7-8-15(16)14(10-13)6-4-5-9-17-12(3)18/h7-8,10-11H,5,9,16H2,1-3H3,(H,17,18). The first-order chi connectivity index (χ1) is 8.50. The van der Waals surface area contributed by atoms with Crippen LogP contribution in [0.2, 0.25) is 0 Å². The SMILES string of the molecule is CC(=O)NCCC#Cc1cc(C(C)C)ccc1N. The Morgan fingerprint density at radius 3 is 2.78 bits per heavy atom. The topological polar surface area (TPSA) is 55.1 Å². The van der Waals surface area contributed by atoms with Gasteiger partial charge in [-0.25, -0.2) is 0 Å². The minimum Gasteiger partial charge on any atom is -0.398 e. The summed E-state index contributed by atoms with van der Waals surface area (Å²) in [5.74, 6) is 6.51. The molecule has 96 valence electrons. The van der Waals surface area contributed by atoms with Crippen LogP contribution in [0.1, 0.15) is 44.2 Å². The van der Waals surface area contributed by atoms with E-state index < -0.39 is 0 Å². The molecule has 0 radical (unpaired) electrons. The molecule has 0 aliphatic carbocycles. The number of amides is 1. The number of benzene rings is 1. The summed E-state index contributed by atoms with van der Waals surface area (Å²) in [6.07, 6.45) is 0.630. The van der Waals surface area contributed by atoms with Crippen LogP contribution in [-0.2, 0) is 4.79 Å². The van der Waals surface area contributed by atoms with Gasteiger partial charge in [0.1, 0.15) is 0 Å². The van der Waals surface area contributed by atoms with Gasteiger partial charge >= 0.3 is 0 Å². The van der Waals surface area contributed by atoms with Gasteiger partial charge in [-0.2, -0.15) is 0 Å². The average Bonchev–Trinajstić information content (AvgIpc) is 2.30. The van der Waals surface area contributed by atoms with Crippen molar-refractivity contribution >= 4 is 11.6 Å². The van der Waals surface area contributed by atoms with Crippen LogP contribution in [0, 0.1) is 11.8 Å². The average molecular weight is 244 g/mol. The highest BCUT2D eigenvalue weighted by Crippen LogP contribution is 2.19. The van der Waals surface area contributed by atoms with E-state index in [1.165, 1.54) is 12.5 Å². The second-order valence-corrected chi connectivity index (χ2v) is 4.54. The van der Waals surface area contributed by atoms with E-state index in [2.05, 4.69) is 31.0 Å². The zero-order valence-corrected chi connectivity index (χ0v) is 11.2. The molecule has 0 spiro atoms. The Hall–Kier alpha value is -1.95. The number of hydrogen-bond donors (Lipinski definition) is 2. The van der Waals surface area contributed by atoms with E-state index in [0.29, 0.717) is 24.6 Å². The van der Waals surface area contributed by atoms with Crippen LogP contribution in [0.4, 0.5) is 5.69 Å². The van der Waals surface area contributed by atoms with Gasteiger partial charge in [-0.15, -0.1) is 0 Å². The van der Waals surface area contributed by atoms with Crippen molar-refractivity contribution in [2.45, 2.75) is 33.1 Å². The van der Waals surface area contributed by atoms with Gasteiger partial charge in [-0.3, -0.25) is 4.79 Å². The van der Waals surface area contributed by atoms with Gasteiger partial charge in [0.15, 0.2) is 0 Å². The van der Waals surface area contributed by atoms with Gasteiger partial charge in [0.25, 0.3) is 0 Å². The molecule has 0 atom stereocenters. The maximum atomic E-state index is 10.7. The molecule has 0 unspecified atom stereocenters. The second kappa shape index (κ2) is 6.70. The maximum absolute atomic E-state index is 10.7. The van der Waals surface area contributed by atoms with Crippen molar-refractivity contribution in [3.63, 3.8) is 0 Å². The third kappa shape index (κ3) is 4.50. The molecule has 0 bridgehead atoms. The number of hydrogen-bond acceptors (Lipinski definition) is 2. The predicted molar refractivity (Wildman–Crippen MR) is 75.1 cm³/mol. The summed E-state index contributed by atoms with van der Waals surface area (Å²) >= 11 is 0. The Morgan fingerprint density at radius 1 is 1.44 bits per heavy atom. The van der Waals surface area contributed by atoms with Gasteiger partial charge in [0, 0.05) is 31.1 Å². The second-order valence-electron chi connectivity index (χ2n) is 4.54. The van der Waals surface area contributed by atoms with Crippen LogP contribution in [0.5, 0.6) is 0 Å². The summed E-state index contributed by atoms with van der Waals surface area (Å²) in [5.41, 5.74) is 8.68. The van der Waals surface area contributed by atoms with Crippen molar-refractivity contribution in [1.82, 2.24) is 5.32 Å². The Bertz CT molecular complexity index is 481. The van der Waals surface area contributed by atoms with E-state index >= 15 is 0 Å². The molecule has 1 aromatic carbocycles. The molecule has 0 heterocycles. The zero-order chi connectivity index (χ0) is 13.5. The highest BCUT2D eigenvalue weighted by atomic mass is 16.1. The highest BCUT2D eigenvalue weighted by molar-refractivity contribution is 5.72. The number of carbonyl (C=O) groups excluding carboxylic acids is 1. The molecule has 3 N–H and O–H groups in total. The van der Waals surface area contributed by atoms with E-state index in [-0.39, 0.29) is 5.91 Å². The van der Waals surface area contributed by atoms with E-state index in [0.717, 1.165) is 5.56 Å². The van der Waals surface area contributed by atoms with Crippen LogP contribution in [0.15, 0.2) is 18.2 Å². The summed E-state index contributed by atoms with van der Waals surface area (Å²) in [7, 11) is 0. The van der Waals surface area contributed by atoms with Gasteiger partial charge in [0.05, 0.1) is 0 Å². The van der Waals surface area contributed by atoms with Crippen molar-refractivity contribution in [3.05, 3.63) is 29.3 Å².